The van der Waals surface area contributed by atoms with Gasteiger partial charge in [0.2, 0.25) is 5.91 Å². The molecular formula is C18H21N3O2S. The van der Waals surface area contributed by atoms with Gasteiger partial charge in [-0.25, -0.2) is 4.98 Å². The third-order valence-corrected chi connectivity index (χ3v) is 5.84. The number of thiazole rings is 1. The third-order valence-electron chi connectivity index (χ3n) is 4.82. The number of aryl methyl sites for hydroxylation is 1. The van der Waals surface area contributed by atoms with E-state index in [1.54, 1.807) is 11.3 Å². The van der Waals surface area contributed by atoms with Gasteiger partial charge >= 0.3 is 0 Å². The van der Waals surface area contributed by atoms with Crippen molar-refractivity contribution < 1.29 is 9.53 Å². The summed E-state index contributed by atoms with van der Waals surface area (Å²) in [5.41, 5.74) is 2.27. The lowest BCUT2D eigenvalue weighted by Crippen LogP contribution is -2.53. The zero-order valence-corrected chi connectivity index (χ0v) is 14.6. The molecule has 2 saturated heterocycles. The van der Waals surface area contributed by atoms with Crippen molar-refractivity contribution in [2.45, 2.75) is 25.5 Å². The maximum Gasteiger partial charge on any atom is 0.246 e. The minimum Gasteiger partial charge on any atom is -0.362 e. The molecule has 1 aromatic heterocycles. The van der Waals surface area contributed by atoms with Crippen LogP contribution in [-0.4, -0.2) is 47.6 Å². The molecule has 4 rings (SSSR count). The van der Waals surface area contributed by atoms with Crippen molar-refractivity contribution in [3.05, 3.63) is 40.9 Å². The summed E-state index contributed by atoms with van der Waals surface area (Å²) in [6, 6.07) is 8.36. The molecule has 1 N–H and O–H groups in total. The second-order valence-electron chi connectivity index (χ2n) is 6.66. The molecule has 1 unspecified atom stereocenters. The highest BCUT2D eigenvalue weighted by atomic mass is 32.1. The van der Waals surface area contributed by atoms with Crippen LogP contribution in [0.1, 0.15) is 16.9 Å². The molecule has 0 radical (unpaired) electrons. The van der Waals surface area contributed by atoms with Gasteiger partial charge in [-0.3, -0.25) is 9.69 Å². The number of rotatable bonds is 3. The summed E-state index contributed by atoms with van der Waals surface area (Å²) in [5.74, 6) is -0.00981. The van der Waals surface area contributed by atoms with E-state index in [9.17, 15) is 4.79 Å². The predicted molar refractivity (Wildman–Crippen MR) is 93.9 cm³/mol. The second kappa shape index (κ2) is 6.27. The van der Waals surface area contributed by atoms with Gasteiger partial charge in [0, 0.05) is 42.8 Å². The molecule has 1 spiro atoms. The summed E-state index contributed by atoms with van der Waals surface area (Å²) in [6.07, 6.45) is 2.96. The Morgan fingerprint density at radius 3 is 3.08 bits per heavy atom. The molecule has 1 aromatic carbocycles. The normalized spacial score (nSPS) is 24.5. The summed E-state index contributed by atoms with van der Waals surface area (Å²) in [5, 5.41) is 4.01. The number of morpholine rings is 1. The van der Waals surface area contributed by atoms with Crippen molar-refractivity contribution in [1.82, 2.24) is 15.2 Å². The molecule has 5 nitrogen and oxygen atoms in total. The number of carbonyl (C=O) groups excluding carboxylic acids is 1. The van der Waals surface area contributed by atoms with Gasteiger partial charge < -0.3 is 10.1 Å². The molecule has 126 valence electrons. The van der Waals surface area contributed by atoms with Gasteiger partial charge in [0.05, 0.1) is 5.60 Å². The Hall–Kier alpha value is -1.76. The van der Waals surface area contributed by atoms with E-state index in [1.165, 1.54) is 16.0 Å². The molecule has 2 aliphatic heterocycles. The maximum atomic E-state index is 11.3. The zero-order valence-electron chi connectivity index (χ0n) is 13.7. The average Bonchev–Trinajstić information content (AvgIpc) is 3.19. The number of amides is 1. The molecule has 2 fully saturated rings. The van der Waals surface area contributed by atoms with E-state index in [0.717, 1.165) is 31.1 Å². The van der Waals surface area contributed by atoms with Gasteiger partial charge in [0.25, 0.3) is 0 Å². The van der Waals surface area contributed by atoms with Crippen LogP contribution >= 0.6 is 11.3 Å². The molecule has 2 aliphatic rings. The first kappa shape index (κ1) is 15.7. The van der Waals surface area contributed by atoms with Crippen molar-refractivity contribution >= 4 is 17.2 Å². The quantitative estimate of drug-likeness (QED) is 0.928. The van der Waals surface area contributed by atoms with E-state index in [1.807, 2.05) is 6.20 Å². The lowest BCUT2D eigenvalue weighted by molar-refractivity contribution is -0.142. The van der Waals surface area contributed by atoms with Gasteiger partial charge in [-0.1, -0.05) is 24.3 Å². The summed E-state index contributed by atoms with van der Waals surface area (Å²) < 4.78 is 5.83. The first-order valence-electron chi connectivity index (χ1n) is 8.27. The summed E-state index contributed by atoms with van der Waals surface area (Å²) in [6.45, 7) is 5.68. The van der Waals surface area contributed by atoms with Crippen LogP contribution in [0.3, 0.4) is 0 Å². The van der Waals surface area contributed by atoms with E-state index >= 15 is 0 Å². The molecule has 6 heteroatoms. The molecule has 0 saturated carbocycles. The van der Waals surface area contributed by atoms with Crippen LogP contribution < -0.4 is 5.32 Å². The molecular weight excluding hydrogens is 322 g/mol. The van der Waals surface area contributed by atoms with Gasteiger partial charge in [-0.15, -0.1) is 11.3 Å². The van der Waals surface area contributed by atoms with E-state index in [0.29, 0.717) is 6.54 Å². The Morgan fingerprint density at radius 2 is 2.29 bits per heavy atom. The van der Waals surface area contributed by atoms with Gasteiger partial charge in [0.15, 0.2) is 0 Å². The number of benzene rings is 1. The van der Waals surface area contributed by atoms with Gasteiger partial charge in [-0.2, -0.15) is 0 Å². The largest absolute Gasteiger partial charge is 0.362 e. The van der Waals surface area contributed by atoms with Crippen LogP contribution in [0.25, 0.3) is 10.6 Å². The van der Waals surface area contributed by atoms with Crippen LogP contribution in [-0.2, 0) is 16.1 Å². The minimum atomic E-state index is -0.197. The maximum absolute atomic E-state index is 11.3. The smallest absolute Gasteiger partial charge is 0.246 e. The number of aromatic nitrogens is 1. The van der Waals surface area contributed by atoms with Crippen molar-refractivity contribution in [3.8, 4) is 10.6 Å². The lowest BCUT2D eigenvalue weighted by Gasteiger charge is -2.33. The fourth-order valence-corrected chi connectivity index (χ4v) is 4.49. The fraction of sp³-hybridized carbons (Fsp3) is 0.444. The Bertz CT molecular complexity index is 748. The number of carbonyl (C=O) groups is 1. The summed E-state index contributed by atoms with van der Waals surface area (Å²) in [4.78, 5) is 19.6. The third kappa shape index (κ3) is 3.09. The van der Waals surface area contributed by atoms with Gasteiger partial charge in [0.1, 0.15) is 11.6 Å². The lowest BCUT2D eigenvalue weighted by atomic mass is 10.0. The molecule has 1 atom stereocenters. The Balaban J connectivity index is 1.42. The first-order valence-corrected chi connectivity index (χ1v) is 9.09. The van der Waals surface area contributed by atoms with Crippen LogP contribution in [0.15, 0.2) is 30.5 Å². The zero-order chi connectivity index (χ0) is 16.6. The van der Waals surface area contributed by atoms with Crippen LogP contribution in [0.2, 0.25) is 0 Å². The van der Waals surface area contributed by atoms with Crippen molar-refractivity contribution in [2.75, 3.05) is 26.2 Å². The highest BCUT2D eigenvalue weighted by Crippen LogP contribution is 2.31. The monoisotopic (exact) mass is 343 g/mol. The Morgan fingerprint density at radius 1 is 1.42 bits per heavy atom. The molecule has 0 bridgehead atoms. The Labute approximate surface area is 145 Å². The standard InChI is InChI=1S/C18H21N3O2S/c1-13-4-2-3-5-15(13)17-19-8-14(24-17)9-21-7-6-18(12-21)11-20-16(22)10-23-18/h2-5,8H,6-7,9-12H2,1H3,(H,20,22). The van der Waals surface area contributed by atoms with Crippen LogP contribution in [0.5, 0.6) is 0 Å². The number of ether oxygens (including phenoxy) is 1. The van der Waals surface area contributed by atoms with Crippen LogP contribution in [0.4, 0.5) is 0 Å². The molecule has 0 aliphatic carbocycles. The van der Waals surface area contributed by atoms with E-state index in [4.69, 9.17) is 4.74 Å². The van der Waals surface area contributed by atoms with E-state index < -0.39 is 0 Å². The van der Waals surface area contributed by atoms with Crippen molar-refractivity contribution in [3.63, 3.8) is 0 Å². The fourth-order valence-electron chi connectivity index (χ4n) is 3.44. The average molecular weight is 343 g/mol. The number of hydrogen-bond acceptors (Lipinski definition) is 5. The van der Waals surface area contributed by atoms with Gasteiger partial charge in [-0.05, 0) is 18.9 Å². The van der Waals surface area contributed by atoms with Crippen LogP contribution in [0, 0.1) is 6.92 Å². The SMILES string of the molecule is Cc1ccccc1-c1ncc(CN2CCC3(CNC(=O)CO3)C2)s1. The number of nitrogens with one attached hydrogen (secondary N) is 1. The summed E-state index contributed by atoms with van der Waals surface area (Å²) >= 11 is 1.76. The number of nitrogens with zero attached hydrogens (tertiary/aromatic N) is 2. The first-order chi connectivity index (χ1) is 11.6. The number of hydrogen-bond donors (Lipinski definition) is 1. The molecule has 3 heterocycles. The van der Waals surface area contributed by atoms with E-state index in [2.05, 4.69) is 46.4 Å². The number of likely N-dealkylation sites (tertiary alicyclic amines) is 1. The molecule has 2 aromatic rings. The highest BCUT2D eigenvalue weighted by molar-refractivity contribution is 7.15. The highest BCUT2D eigenvalue weighted by Gasteiger charge is 2.42. The Kier molecular flexibility index (Phi) is 4.12. The second-order valence-corrected chi connectivity index (χ2v) is 7.77. The van der Waals surface area contributed by atoms with E-state index in [-0.39, 0.29) is 18.1 Å². The topological polar surface area (TPSA) is 54.5 Å². The van der Waals surface area contributed by atoms with Crippen molar-refractivity contribution in [1.29, 1.82) is 0 Å². The molecule has 1 amide bonds. The minimum absolute atomic E-state index is 0.00981. The molecule has 24 heavy (non-hydrogen) atoms. The predicted octanol–water partition coefficient (Wildman–Crippen LogP) is 2.21. The summed E-state index contributed by atoms with van der Waals surface area (Å²) in [7, 11) is 0. The van der Waals surface area contributed by atoms with Crippen molar-refractivity contribution in [2.24, 2.45) is 0 Å².